The minimum atomic E-state index is -0.0368. The number of likely N-dealkylation sites (tertiary alicyclic amines) is 1. The third-order valence-corrected chi connectivity index (χ3v) is 5.11. The Balaban J connectivity index is 1.46. The van der Waals surface area contributed by atoms with Crippen LogP contribution in [0.4, 0.5) is 0 Å². The molecule has 0 spiro atoms. The first-order valence-electron chi connectivity index (χ1n) is 9.11. The summed E-state index contributed by atoms with van der Waals surface area (Å²) in [6.45, 7) is 2.31. The number of ether oxygens (including phenoxy) is 1. The second kappa shape index (κ2) is 8.34. The summed E-state index contributed by atoms with van der Waals surface area (Å²) in [7, 11) is 1.62. The molecule has 2 fully saturated rings. The predicted octanol–water partition coefficient (Wildman–Crippen LogP) is 1.10. The number of carbonyl (C=O) groups is 2. The van der Waals surface area contributed by atoms with Crippen LogP contribution in [0.3, 0.4) is 0 Å². The van der Waals surface area contributed by atoms with E-state index in [0.29, 0.717) is 19.5 Å². The van der Waals surface area contributed by atoms with Crippen LogP contribution in [-0.4, -0.2) is 55.5 Å². The lowest BCUT2D eigenvalue weighted by molar-refractivity contribution is -0.131. The van der Waals surface area contributed by atoms with Crippen molar-refractivity contribution in [3.63, 3.8) is 0 Å². The van der Waals surface area contributed by atoms with Gasteiger partial charge >= 0.3 is 0 Å². The molecule has 2 N–H and O–H groups in total. The lowest BCUT2D eigenvalue weighted by Crippen LogP contribution is -2.50. The molecule has 0 aromatic heterocycles. The molecule has 2 aliphatic rings. The molecule has 1 aromatic carbocycles. The molecule has 6 nitrogen and oxygen atoms in total. The monoisotopic (exact) mass is 345 g/mol. The van der Waals surface area contributed by atoms with E-state index in [1.807, 2.05) is 29.2 Å². The highest BCUT2D eigenvalue weighted by Gasteiger charge is 2.27. The van der Waals surface area contributed by atoms with Crippen LogP contribution in [0.2, 0.25) is 0 Å². The number of amides is 2. The fourth-order valence-corrected chi connectivity index (χ4v) is 3.61. The molecule has 0 radical (unpaired) electrons. The number of hydrogen-bond acceptors (Lipinski definition) is 4. The van der Waals surface area contributed by atoms with Crippen LogP contribution >= 0.6 is 0 Å². The first-order valence-corrected chi connectivity index (χ1v) is 9.11. The van der Waals surface area contributed by atoms with Crippen LogP contribution in [-0.2, 0) is 16.0 Å². The van der Waals surface area contributed by atoms with Crippen molar-refractivity contribution < 1.29 is 14.3 Å². The van der Waals surface area contributed by atoms with Crippen molar-refractivity contribution in [2.45, 2.75) is 44.2 Å². The van der Waals surface area contributed by atoms with Crippen LogP contribution in [0.5, 0.6) is 5.75 Å². The van der Waals surface area contributed by atoms with Crippen molar-refractivity contribution in [3.8, 4) is 5.75 Å². The number of methoxy groups -OCH3 is 1. The van der Waals surface area contributed by atoms with Gasteiger partial charge in [-0.2, -0.15) is 0 Å². The molecule has 0 aliphatic carbocycles. The largest absolute Gasteiger partial charge is 0.496 e. The maximum absolute atomic E-state index is 12.5. The molecule has 2 amide bonds. The van der Waals surface area contributed by atoms with Crippen molar-refractivity contribution >= 4 is 11.8 Å². The molecule has 1 unspecified atom stereocenters. The summed E-state index contributed by atoms with van der Waals surface area (Å²) in [4.78, 5) is 26.6. The fraction of sp³-hybridized carbons (Fsp3) is 0.579. The average molecular weight is 345 g/mol. The third-order valence-electron chi connectivity index (χ3n) is 5.11. The van der Waals surface area contributed by atoms with Crippen LogP contribution in [0, 0.1) is 0 Å². The molecular weight excluding hydrogens is 318 g/mol. The van der Waals surface area contributed by atoms with Gasteiger partial charge in [0, 0.05) is 24.7 Å². The molecule has 2 heterocycles. The highest BCUT2D eigenvalue weighted by Crippen LogP contribution is 2.20. The van der Waals surface area contributed by atoms with Crippen molar-refractivity contribution in [2.75, 3.05) is 26.7 Å². The van der Waals surface area contributed by atoms with Crippen molar-refractivity contribution in [3.05, 3.63) is 29.8 Å². The quantitative estimate of drug-likeness (QED) is 0.838. The smallest absolute Gasteiger partial charge is 0.237 e. The zero-order valence-corrected chi connectivity index (χ0v) is 14.8. The molecule has 136 valence electrons. The van der Waals surface area contributed by atoms with Gasteiger partial charge in [0.25, 0.3) is 0 Å². The topological polar surface area (TPSA) is 70.7 Å². The molecular formula is C19H27N3O3. The van der Waals surface area contributed by atoms with Crippen molar-refractivity contribution in [1.29, 1.82) is 0 Å². The Morgan fingerprint density at radius 2 is 2.00 bits per heavy atom. The summed E-state index contributed by atoms with van der Waals surface area (Å²) >= 11 is 0. The van der Waals surface area contributed by atoms with E-state index in [9.17, 15) is 9.59 Å². The van der Waals surface area contributed by atoms with Gasteiger partial charge in [0.15, 0.2) is 0 Å². The second-order valence-corrected chi connectivity index (χ2v) is 6.80. The minimum absolute atomic E-state index is 0.0368. The molecule has 2 saturated heterocycles. The Bertz CT molecular complexity index is 606. The van der Waals surface area contributed by atoms with Gasteiger partial charge in [-0.15, -0.1) is 0 Å². The van der Waals surface area contributed by atoms with E-state index in [1.54, 1.807) is 7.11 Å². The van der Waals surface area contributed by atoms with Gasteiger partial charge in [-0.05, 0) is 38.3 Å². The highest BCUT2D eigenvalue weighted by atomic mass is 16.5. The van der Waals surface area contributed by atoms with Gasteiger partial charge in [0.1, 0.15) is 5.75 Å². The first-order chi connectivity index (χ1) is 12.2. The third kappa shape index (κ3) is 4.51. The van der Waals surface area contributed by atoms with Crippen LogP contribution < -0.4 is 15.4 Å². The van der Waals surface area contributed by atoms with E-state index in [-0.39, 0.29) is 23.9 Å². The molecule has 1 atom stereocenters. The summed E-state index contributed by atoms with van der Waals surface area (Å²) in [5, 5.41) is 6.35. The minimum Gasteiger partial charge on any atom is -0.496 e. The van der Waals surface area contributed by atoms with E-state index < -0.39 is 0 Å². The Morgan fingerprint density at radius 3 is 2.68 bits per heavy atom. The average Bonchev–Trinajstić information content (AvgIpc) is 3.17. The number of para-hydroxylation sites is 1. The zero-order valence-electron chi connectivity index (χ0n) is 14.8. The van der Waals surface area contributed by atoms with Crippen LogP contribution in [0.15, 0.2) is 24.3 Å². The molecule has 0 bridgehead atoms. The summed E-state index contributed by atoms with van der Waals surface area (Å²) in [5.41, 5.74) is 0.915. The molecule has 6 heteroatoms. The van der Waals surface area contributed by atoms with E-state index in [1.165, 1.54) is 0 Å². The summed E-state index contributed by atoms with van der Waals surface area (Å²) in [6.07, 6.45) is 3.97. The zero-order chi connectivity index (χ0) is 17.6. The Hall–Kier alpha value is -2.08. The lowest BCUT2D eigenvalue weighted by Gasteiger charge is -2.33. The van der Waals surface area contributed by atoms with E-state index >= 15 is 0 Å². The molecule has 1 aromatic rings. The summed E-state index contributed by atoms with van der Waals surface area (Å²) in [6, 6.07) is 7.76. The van der Waals surface area contributed by atoms with Gasteiger partial charge < -0.3 is 20.3 Å². The molecule has 2 aliphatic heterocycles. The van der Waals surface area contributed by atoms with Crippen LogP contribution in [0.1, 0.15) is 31.2 Å². The highest BCUT2D eigenvalue weighted by molar-refractivity contribution is 5.82. The standard InChI is InChI=1S/C19H27N3O3/c1-25-17-7-3-2-5-14(17)13-18(23)22-11-8-15(9-12-22)21-19(24)16-6-4-10-20-16/h2-3,5,7,15-16,20H,4,6,8-13H2,1H3,(H,21,24). The predicted molar refractivity (Wildman–Crippen MR) is 95.5 cm³/mol. The van der Waals surface area contributed by atoms with Crippen molar-refractivity contribution in [2.24, 2.45) is 0 Å². The number of hydrogen-bond donors (Lipinski definition) is 2. The molecule has 25 heavy (non-hydrogen) atoms. The van der Waals surface area contributed by atoms with Crippen molar-refractivity contribution in [1.82, 2.24) is 15.5 Å². The van der Waals surface area contributed by atoms with Gasteiger partial charge in [-0.25, -0.2) is 0 Å². The second-order valence-electron chi connectivity index (χ2n) is 6.80. The van der Waals surface area contributed by atoms with E-state index in [2.05, 4.69) is 10.6 Å². The summed E-state index contributed by atoms with van der Waals surface area (Å²) in [5.74, 6) is 0.977. The number of nitrogens with zero attached hydrogens (tertiary/aromatic N) is 1. The maximum Gasteiger partial charge on any atom is 0.237 e. The van der Waals surface area contributed by atoms with E-state index in [0.717, 1.165) is 43.5 Å². The van der Waals surface area contributed by atoms with Gasteiger partial charge in [-0.3, -0.25) is 9.59 Å². The summed E-state index contributed by atoms with van der Waals surface area (Å²) < 4.78 is 5.32. The van der Waals surface area contributed by atoms with Gasteiger partial charge in [0.2, 0.25) is 11.8 Å². The number of rotatable bonds is 5. The Morgan fingerprint density at radius 1 is 1.24 bits per heavy atom. The normalized spacial score (nSPS) is 21.2. The maximum atomic E-state index is 12.5. The van der Waals surface area contributed by atoms with Gasteiger partial charge in [0.05, 0.1) is 19.6 Å². The number of benzene rings is 1. The molecule has 0 saturated carbocycles. The van der Waals surface area contributed by atoms with Gasteiger partial charge in [-0.1, -0.05) is 18.2 Å². The number of piperidine rings is 1. The van der Waals surface area contributed by atoms with E-state index in [4.69, 9.17) is 4.74 Å². The first kappa shape index (κ1) is 17.7. The lowest BCUT2D eigenvalue weighted by atomic mass is 10.0. The fourth-order valence-electron chi connectivity index (χ4n) is 3.61. The molecule has 3 rings (SSSR count). The Labute approximate surface area is 148 Å². The van der Waals surface area contributed by atoms with Crippen LogP contribution in [0.25, 0.3) is 0 Å². The SMILES string of the molecule is COc1ccccc1CC(=O)N1CCC(NC(=O)C2CCCN2)CC1. The number of nitrogens with one attached hydrogen (secondary N) is 2. The number of carbonyl (C=O) groups excluding carboxylic acids is 2. The Kier molecular flexibility index (Phi) is 5.91.